The Balaban J connectivity index is 2.88. The number of halogens is 3. The zero-order chi connectivity index (χ0) is 14.6. The monoisotopic (exact) mass is 276 g/mol. The third kappa shape index (κ3) is 4.23. The minimum Gasteiger partial charge on any atom is -0.478 e. The van der Waals surface area contributed by atoms with Gasteiger partial charge in [-0.1, -0.05) is 0 Å². The summed E-state index contributed by atoms with van der Waals surface area (Å²) in [6.45, 7) is -0.0827. The Morgan fingerprint density at radius 2 is 2.00 bits per heavy atom. The van der Waals surface area contributed by atoms with E-state index >= 15 is 0 Å². The van der Waals surface area contributed by atoms with Crippen LogP contribution in [0.3, 0.4) is 0 Å². The van der Waals surface area contributed by atoms with Crippen molar-refractivity contribution >= 4 is 11.9 Å². The zero-order valence-electron chi connectivity index (χ0n) is 9.94. The lowest BCUT2D eigenvalue weighted by molar-refractivity contribution is -0.140. The van der Waals surface area contributed by atoms with Crippen molar-refractivity contribution in [3.63, 3.8) is 0 Å². The summed E-state index contributed by atoms with van der Waals surface area (Å²) in [6.07, 6.45) is -3.57. The highest BCUT2D eigenvalue weighted by atomic mass is 19.4. The molecule has 1 aromatic heterocycles. The molecule has 0 saturated carbocycles. The van der Waals surface area contributed by atoms with Crippen LogP contribution in [0.5, 0.6) is 0 Å². The number of amides is 1. The Morgan fingerprint density at radius 3 is 2.37 bits per heavy atom. The number of alkyl halides is 3. The molecule has 0 aliphatic heterocycles. The van der Waals surface area contributed by atoms with Gasteiger partial charge in [-0.3, -0.25) is 9.78 Å². The molecule has 0 spiro atoms. The molecule has 0 atom stereocenters. The molecule has 1 heterocycles. The van der Waals surface area contributed by atoms with Crippen molar-refractivity contribution in [2.24, 2.45) is 0 Å². The smallest absolute Gasteiger partial charge is 0.406 e. The number of carbonyl (C=O) groups excluding carboxylic acids is 1. The number of aromatic nitrogens is 1. The van der Waals surface area contributed by atoms with E-state index in [1.54, 1.807) is 0 Å². The van der Waals surface area contributed by atoms with Crippen LogP contribution in [0.2, 0.25) is 0 Å². The molecule has 1 aromatic rings. The molecule has 0 radical (unpaired) electrons. The number of carboxylic acid groups (broad SMARTS) is 1. The van der Waals surface area contributed by atoms with Crippen molar-refractivity contribution in [2.45, 2.75) is 13.1 Å². The number of pyridine rings is 1. The van der Waals surface area contributed by atoms with Crippen LogP contribution in [0.25, 0.3) is 0 Å². The summed E-state index contributed by atoms with van der Waals surface area (Å²) in [5.41, 5.74) is -0.369. The van der Waals surface area contributed by atoms with Gasteiger partial charge in [-0.15, -0.1) is 0 Å². The molecule has 1 amide bonds. The van der Waals surface area contributed by atoms with Gasteiger partial charge in [-0.2, -0.15) is 13.2 Å². The summed E-state index contributed by atoms with van der Waals surface area (Å²) in [5, 5.41) is 8.64. The first-order chi connectivity index (χ1) is 8.74. The molecule has 0 aliphatic carbocycles. The third-order valence-corrected chi connectivity index (χ3v) is 2.27. The lowest BCUT2D eigenvalue weighted by atomic mass is 10.2. The molecule has 8 heteroatoms. The molecule has 0 unspecified atom stereocenters. The van der Waals surface area contributed by atoms with Crippen LogP contribution >= 0.6 is 0 Å². The van der Waals surface area contributed by atoms with Gasteiger partial charge < -0.3 is 10.0 Å². The first-order valence-electron chi connectivity index (χ1n) is 5.30. The Bertz CT molecular complexity index is 471. The molecular formula is C11H11F3N2O3. The second kappa shape index (κ2) is 5.68. The number of nitrogens with zero attached hydrogens (tertiary/aromatic N) is 2. The normalized spacial score (nSPS) is 11.2. The van der Waals surface area contributed by atoms with Gasteiger partial charge in [0.2, 0.25) is 0 Å². The fraction of sp³-hybridized carbons (Fsp3) is 0.364. The minimum absolute atomic E-state index is 0.124. The van der Waals surface area contributed by atoms with E-state index in [1.807, 2.05) is 0 Å². The van der Waals surface area contributed by atoms with Crippen LogP contribution in [0, 0.1) is 0 Å². The first kappa shape index (κ1) is 14.9. The van der Waals surface area contributed by atoms with Crippen LogP contribution in [-0.4, -0.2) is 46.1 Å². The number of hydrogen-bond donors (Lipinski definition) is 1. The second-order valence-corrected chi connectivity index (χ2v) is 3.67. The molecule has 1 N–H and O–H groups in total. The van der Waals surface area contributed by atoms with Crippen molar-refractivity contribution in [3.05, 3.63) is 29.6 Å². The molecule has 0 aliphatic rings. The molecule has 104 valence electrons. The predicted octanol–water partition coefficient (Wildman–Crippen LogP) is 1.80. The fourth-order valence-electron chi connectivity index (χ4n) is 1.35. The molecule has 0 saturated heterocycles. The summed E-state index contributed by atoms with van der Waals surface area (Å²) >= 11 is 0. The van der Waals surface area contributed by atoms with E-state index in [1.165, 1.54) is 6.92 Å². The maximum absolute atomic E-state index is 12.2. The van der Waals surface area contributed by atoms with E-state index in [9.17, 15) is 22.8 Å². The summed E-state index contributed by atoms with van der Waals surface area (Å²) in [6, 6.07) is 2.20. The SMILES string of the molecule is CCN(CC(F)(F)F)C(=O)c1ccc(C(=O)O)cn1. The van der Waals surface area contributed by atoms with E-state index in [-0.39, 0.29) is 17.8 Å². The predicted molar refractivity (Wildman–Crippen MR) is 58.8 cm³/mol. The van der Waals surface area contributed by atoms with Gasteiger partial charge >= 0.3 is 12.1 Å². The van der Waals surface area contributed by atoms with Crippen molar-refractivity contribution in [1.82, 2.24) is 9.88 Å². The topological polar surface area (TPSA) is 70.5 Å². The van der Waals surface area contributed by atoms with E-state index in [2.05, 4.69) is 4.98 Å². The molecule has 19 heavy (non-hydrogen) atoms. The van der Waals surface area contributed by atoms with Crippen LogP contribution in [-0.2, 0) is 0 Å². The van der Waals surface area contributed by atoms with Gasteiger partial charge in [-0.05, 0) is 19.1 Å². The van der Waals surface area contributed by atoms with Crippen molar-refractivity contribution < 1.29 is 27.9 Å². The molecule has 1 rings (SSSR count). The maximum atomic E-state index is 12.2. The number of carboxylic acids is 1. The number of carbonyl (C=O) groups is 2. The van der Waals surface area contributed by atoms with Crippen LogP contribution < -0.4 is 0 Å². The van der Waals surface area contributed by atoms with Crippen molar-refractivity contribution in [3.8, 4) is 0 Å². The highest BCUT2D eigenvalue weighted by Gasteiger charge is 2.32. The van der Waals surface area contributed by atoms with Gasteiger partial charge in [0.15, 0.2) is 0 Å². The molecule has 5 nitrogen and oxygen atoms in total. The number of rotatable bonds is 4. The first-order valence-corrected chi connectivity index (χ1v) is 5.30. The largest absolute Gasteiger partial charge is 0.478 e. The Labute approximate surface area is 106 Å². The minimum atomic E-state index is -4.49. The van der Waals surface area contributed by atoms with E-state index in [0.717, 1.165) is 18.3 Å². The molecule has 0 fully saturated rings. The molecule has 0 aromatic carbocycles. The third-order valence-electron chi connectivity index (χ3n) is 2.27. The zero-order valence-corrected chi connectivity index (χ0v) is 9.94. The van der Waals surface area contributed by atoms with Crippen LogP contribution in [0.15, 0.2) is 18.3 Å². The molecule has 0 bridgehead atoms. The lowest BCUT2D eigenvalue weighted by Crippen LogP contribution is -2.39. The summed E-state index contributed by atoms with van der Waals surface area (Å²) in [4.78, 5) is 26.5. The Morgan fingerprint density at radius 1 is 1.37 bits per heavy atom. The van der Waals surface area contributed by atoms with Crippen molar-refractivity contribution in [1.29, 1.82) is 0 Å². The summed E-state index contributed by atoms with van der Waals surface area (Å²) < 4.78 is 36.7. The standard InChI is InChI=1S/C11H11F3N2O3/c1-2-16(6-11(12,13)14)9(17)8-4-3-7(5-15-8)10(18)19/h3-5H,2,6H2,1H3,(H,18,19). The Hall–Kier alpha value is -2.12. The molecular weight excluding hydrogens is 265 g/mol. The fourth-order valence-corrected chi connectivity index (χ4v) is 1.35. The van der Waals surface area contributed by atoms with Gasteiger partial charge in [-0.25, -0.2) is 4.79 Å². The average Bonchev–Trinajstić information content (AvgIpc) is 2.34. The summed E-state index contributed by atoms with van der Waals surface area (Å²) in [5.74, 6) is -2.12. The van der Waals surface area contributed by atoms with E-state index in [4.69, 9.17) is 5.11 Å². The lowest BCUT2D eigenvalue weighted by Gasteiger charge is -2.21. The van der Waals surface area contributed by atoms with E-state index in [0.29, 0.717) is 4.90 Å². The van der Waals surface area contributed by atoms with Gasteiger partial charge in [0.25, 0.3) is 5.91 Å². The maximum Gasteiger partial charge on any atom is 0.406 e. The quantitative estimate of drug-likeness (QED) is 0.910. The average molecular weight is 276 g/mol. The van der Waals surface area contributed by atoms with Gasteiger partial charge in [0.1, 0.15) is 12.2 Å². The van der Waals surface area contributed by atoms with Crippen molar-refractivity contribution in [2.75, 3.05) is 13.1 Å². The van der Waals surface area contributed by atoms with Gasteiger partial charge in [0.05, 0.1) is 5.56 Å². The van der Waals surface area contributed by atoms with E-state index < -0.39 is 24.6 Å². The number of aromatic carboxylic acids is 1. The highest BCUT2D eigenvalue weighted by molar-refractivity contribution is 5.93. The number of hydrogen-bond acceptors (Lipinski definition) is 3. The van der Waals surface area contributed by atoms with Crippen LogP contribution in [0.1, 0.15) is 27.8 Å². The summed E-state index contributed by atoms with van der Waals surface area (Å²) in [7, 11) is 0. The highest BCUT2D eigenvalue weighted by Crippen LogP contribution is 2.17. The van der Waals surface area contributed by atoms with Gasteiger partial charge in [0, 0.05) is 12.7 Å². The second-order valence-electron chi connectivity index (χ2n) is 3.67. The Kier molecular flexibility index (Phi) is 4.47. The van der Waals surface area contributed by atoms with Crippen LogP contribution in [0.4, 0.5) is 13.2 Å².